The number of halogens is 2. The van der Waals surface area contributed by atoms with Crippen LogP contribution >= 0.6 is 11.6 Å². The lowest BCUT2D eigenvalue weighted by Crippen LogP contribution is -2.26. The molecule has 0 unspecified atom stereocenters. The topological polar surface area (TPSA) is 46.5 Å². The molecule has 0 atom stereocenters. The zero-order valence-electron chi connectivity index (χ0n) is 10.8. The second kappa shape index (κ2) is 5.14. The molecule has 3 nitrogen and oxygen atoms in total. The summed E-state index contributed by atoms with van der Waals surface area (Å²) in [6.45, 7) is 4.75. The SMILES string of the molecule is COc1c(CC(C)(C)C(=O)O)cc(Cl)c(F)c1C. The number of carboxylic acid groups (broad SMARTS) is 1. The summed E-state index contributed by atoms with van der Waals surface area (Å²) in [5.74, 6) is -1.11. The molecule has 5 heteroatoms. The maximum atomic E-state index is 13.6. The Hall–Kier alpha value is -1.29. The van der Waals surface area contributed by atoms with Gasteiger partial charge in [-0.1, -0.05) is 11.6 Å². The summed E-state index contributed by atoms with van der Waals surface area (Å²) in [6.07, 6.45) is 0.215. The van der Waals surface area contributed by atoms with Gasteiger partial charge >= 0.3 is 5.97 Å². The van der Waals surface area contributed by atoms with E-state index in [1.54, 1.807) is 20.8 Å². The van der Waals surface area contributed by atoms with Crippen LogP contribution in [0.4, 0.5) is 4.39 Å². The molecule has 0 bridgehead atoms. The highest BCUT2D eigenvalue weighted by Crippen LogP contribution is 2.35. The largest absolute Gasteiger partial charge is 0.496 e. The molecule has 0 heterocycles. The lowest BCUT2D eigenvalue weighted by molar-refractivity contribution is -0.146. The number of rotatable bonds is 4. The molecule has 18 heavy (non-hydrogen) atoms. The Labute approximate surface area is 111 Å². The molecule has 1 rings (SSSR count). The molecule has 0 saturated heterocycles. The molecule has 0 aliphatic rings. The first-order valence-corrected chi connectivity index (χ1v) is 5.83. The third-order valence-corrected chi connectivity index (χ3v) is 3.16. The number of carbonyl (C=O) groups is 1. The first-order valence-electron chi connectivity index (χ1n) is 5.45. The quantitative estimate of drug-likeness (QED) is 0.915. The van der Waals surface area contributed by atoms with Crippen molar-refractivity contribution in [2.45, 2.75) is 27.2 Å². The third kappa shape index (κ3) is 2.75. The zero-order valence-corrected chi connectivity index (χ0v) is 11.6. The van der Waals surface area contributed by atoms with Crippen LogP contribution in [-0.2, 0) is 11.2 Å². The molecule has 0 amide bonds. The summed E-state index contributed by atoms with van der Waals surface area (Å²) in [5, 5.41) is 9.09. The predicted octanol–water partition coefficient (Wildman–Crippen LogP) is 3.45. The van der Waals surface area contributed by atoms with Crippen molar-refractivity contribution in [2.24, 2.45) is 5.41 Å². The van der Waals surface area contributed by atoms with Gasteiger partial charge in [0.15, 0.2) is 0 Å². The molecular weight excluding hydrogens is 259 g/mol. The molecule has 1 N–H and O–H groups in total. The highest BCUT2D eigenvalue weighted by molar-refractivity contribution is 6.31. The fourth-order valence-electron chi connectivity index (χ4n) is 1.77. The number of methoxy groups -OCH3 is 1. The minimum absolute atomic E-state index is 0.0236. The molecule has 0 aliphatic heterocycles. The van der Waals surface area contributed by atoms with Gasteiger partial charge in [0.1, 0.15) is 11.6 Å². The summed E-state index contributed by atoms with van der Waals surface area (Å²) >= 11 is 5.78. The lowest BCUT2D eigenvalue weighted by atomic mass is 9.85. The Kier molecular flexibility index (Phi) is 4.22. The molecule has 1 aromatic rings. The average molecular weight is 275 g/mol. The number of ether oxygens (including phenoxy) is 1. The van der Waals surface area contributed by atoms with E-state index >= 15 is 0 Å². The number of benzene rings is 1. The minimum Gasteiger partial charge on any atom is -0.496 e. The Bertz CT molecular complexity index is 484. The fourth-order valence-corrected chi connectivity index (χ4v) is 2.04. The van der Waals surface area contributed by atoms with Crippen LogP contribution in [0.15, 0.2) is 6.07 Å². The van der Waals surface area contributed by atoms with Gasteiger partial charge in [0, 0.05) is 5.56 Å². The monoisotopic (exact) mass is 274 g/mol. The second-order valence-corrected chi connectivity index (χ2v) is 5.26. The number of carboxylic acids is 1. The van der Waals surface area contributed by atoms with Crippen LogP contribution in [0.5, 0.6) is 5.75 Å². The molecule has 1 aromatic carbocycles. The van der Waals surface area contributed by atoms with E-state index in [0.717, 1.165) is 0 Å². The van der Waals surface area contributed by atoms with Crippen LogP contribution in [0.3, 0.4) is 0 Å². The summed E-state index contributed by atoms with van der Waals surface area (Å²) < 4.78 is 18.8. The Morgan fingerprint density at radius 2 is 2.11 bits per heavy atom. The van der Waals surface area contributed by atoms with Crippen molar-refractivity contribution in [3.05, 3.63) is 28.0 Å². The van der Waals surface area contributed by atoms with Gasteiger partial charge in [-0.2, -0.15) is 0 Å². The lowest BCUT2D eigenvalue weighted by Gasteiger charge is -2.21. The molecule has 0 saturated carbocycles. The zero-order chi connectivity index (χ0) is 14.1. The second-order valence-electron chi connectivity index (χ2n) is 4.86. The summed E-state index contributed by atoms with van der Waals surface area (Å²) in [7, 11) is 1.42. The summed E-state index contributed by atoms with van der Waals surface area (Å²) in [6, 6.07) is 1.42. The minimum atomic E-state index is -0.971. The molecule has 0 fully saturated rings. The number of hydrogen-bond acceptors (Lipinski definition) is 2. The van der Waals surface area contributed by atoms with Gasteiger partial charge in [0.2, 0.25) is 0 Å². The van der Waals surface area contributed by atoms with Crippen LogP contribution in [-0.4, -0.2) is 18.2 Å². The summed E-state index contributed by atoms with van der Waals surface area (Å²) in [5.41, 5.74) is -0.0871. The van der Waals surface area contributed by atoms with Gasteiger partial charge in [-0.05, 0) is 38.8 Å². The van der Waals surface area contributed by atoms with E-state index in [2.05, 4.69) is 0 Å². The van der Waals surface area contributed by atoms with E-state index in [9.17, 15) is 9.18 Å². The van der Waals surface area contributed by atoms with E-state index < -0.39 is 17.2 Å². The predicted molar refractivity (Wildman–Crippen MR) is 67.8 cm³/mol. The van der Waals surface area contributed by atoms with Gasteiger partial charge < -0.3 is 9.84 Å². The highest BCUT2D eigenvalue weighted by atomic mass is 35.5. The van der Waals surface area contributed by atoms with Crippen LogP contribution in [0.2, 0.25) is 5.02 Å². The van der Waals surface area contributed by atoms with Crippen molar-refractivity contribution in [2.75, 3.05) is 7.11 Å². The van der Waals surface area contributed by atoms with Crippen LogP contribution < -0.4 is 4.74 Å². The van der Waals surface area contributed by atoms with Crippen molar-refractivity contribution < 1.29 is 19.0 Å². The van der Waals surface area contributed by atoms with E-state index in [1.807, 2.05) is 0 Å². The smallest absolute Gasteiger partial charge is 0.309 e. The van der Waals surface area contributed by atoms with E-state index in [1.165, 1.54) is 13.2 Å². The Morgan fingerprint density at radius 3 is 2.56 bits per heavy atom. The van der Waals surface area contributed by atoms with E-state index in [4.69, 9.17) is 21.4 Å². The molecule has 0 aromatic heterocycles. The Morgan fingerprint density at radius 1 is 1.56 bits per heavy atom. The summed E-state index contributed by atoms with van der Waals surface area (Å²) in [4.78, 5) is 11.1. The van der Waals surface area contributed by atoms with Crippen molar-refractivity contribution in [3.8, 4) is 5.75 Å². The first-order chi connectivity index (χ1) is 8.20. The average Bonchev–Trinajstić information content (AvgIpc) is 2.26. The molecule has 100 valence electrons. The van der Waals surface area contributed by atoms with Crippen molar-refractivity contribution in [1.29, 1.82) is 0 Å². The van der Waals surface area contributed by atoms with Crippen molar-refractivity contribution >= 4 is 17.6 Å². The van der Waals surface area contributed by atoms with Crippen LogP contribution in [0, 0.1) is 18.2 Å². The van der Waals surface area contributed by atoms with Crippen LogP contribution in [0.1, 0.15) is 25.0 Å². The first kappa shape index (κ1) is 14.8. The standard InChI is InChI=1S/C13H16ClFO3/c1-7-10(15)9(14)5-8(11(7)18-4)6-13(2,3)12(16)17/h5H,6H2,1-4H3,(H,16,17). The number of aliphatic carboxylic acids is 1. The van der Waals surface area contributed by atoms with Crippen molar-refractivity contribution in [1.82, 2.24) is 0 Å². The van der Waals surface area contributed by atoms with Gasteiger partial charge in [0.25, 0.3) is 0 Å². The maximum absolute atomic E-state index is 13.6. The number of hydrogen-bond donors (Lipinski definition) is 1. The highest BCUT2D eigenvalue weighted by Gasteiger charge is 2.29. The molecule has 0 aliphatic carbocycles. The van der Waals surface area contributed by atoms with Gasteiger partial charge in [0.05, 0.1) is 17.5 Å². The third-order valence-electron chi connectivity index (χ3n) is 2.89. The molecule has 0 radical (unpaired) electrons. The fraction of sp³-hybridized carbons (Fsp3) is 0.462. The van der Waals surface area contributed by atoms with E-state index in [-0.39, 0.29) is 11.4 Å². The molecule has 0 spiro atoms. The maximum Gasteiger partial charge on any atom is 0.309 e. The van der Waals surface area contributed by atoms with E-state index in [0.29, 0.717) is 16.9 Å². The molecular formula is C13H16ClFO3. The van der Waals surface area contributed by atoms with Gasteiger partial charge in [-0.3, -0.25) is 4.79 Å². The van der Waals surface area contributed by atoms with Gasteiger partial charge in [-0.25, -0.2) is 4.39 Å². The van der Waals surface area contributed by atoms with Crippen molar-refractivity contribution in [3.63, 3.8) is 0 Å². The normalized spacial score (nSPS) is 11.4. The van der Waals surface area contributed by atoms with Crippen LogP contribution in [0.25, 0.3) is 0 Å². The van der Waals surface area contributed by atoms with Gasteiger partial charge in [-0.15, -0.1) is 0 Å². The Balaban J connectivity index is 3.29.